The zero-order valence-corrected chi connectivity index (χ0v) is 14.9. The largest absolute Gasteiger partial charge is 0.497 e. The van der Waals surface area contributed by atoms with Crippen LogP contribution in [-0.2, 0) is 11.2 Å². The van der Waals surface area contributed by atoms with E-state index in [1.807, 2.05) is 54.6 Å². The normalized spacial score (nSPS) is 13.8. The van der Waals surface area contributed by atoms with Gasteiger partial charge in [-0.1, -0.05) is 30.3 Å². The van der Waals surface area contributed by atoms with Crippen LogP contribution < -0.4 is 15.0 Å². The summed E-state index contributed by atoms with van der Waals surface area (Å²) in [4.78, 5) is 27.9. The first-order chi connectivity index (χ1) is 12.7. The number of anilines is 1. The van der Waals surface area contributed by atoms with Crippen LogP contribution in [0.3, 0.4) is 0 Å². The lowest BCUT2D eigenvalue weighted by molar-refractivity contribution is -0.121. The first kappa shape index (κ1) is 17.8. The Morgan fingerprint density at radius 3 is 2.69 bits per heavy atom. The molecule has 0 radical (unpaired) electrons. The van der Waals surface area contributed by atoms with E-state index in [4.69, 9.17) is 4.74 Å². The Balaban J connectivity index is 1.46. The molecule has 2 aromatic rings. The molecule has 0 saturated carbocycles. The molecule has 0 atom stereocenters. The Bertz CT molecular complexity index is 764. The third-order valence-corrected chi connectivity index (χ3v) is 4.37. The van der Waals surface area contributed by atoms with Gasteiger partial charge in [0.15, 0.2) is 0 Å². The number of urea groups is 1. The maximum atomic E-state index is 12.5. The molecule has 0 spiro atoms. The average Bonchev–Trinajstić information content (AvgIpc) is 3.03. The molecule has 0 bridgehead atoms. The van der Waals surface area contributed by atoms with Crippen molar-refractivity contribution in [1.82, 2.24) is 10.2 Å². The molecule has 6 heteroatoms. The Morgan fingerprint density at radius 2 is 1.92 bits per heavy atom. The smallest absolute Gasteiger partial charge is 0.325 e. The number of benzene rings is 2. The van der Waals surface area contributed by atoms with E-state index >= 15 is 0 Å². The second-order valence-electron chi connectivity index (χ2n) is 6.14. The van der Waals surface area contributed by atoms with E-state index in [0.717, 1.165) is 17.0 Å². The highest BCUT2D eigenvalue weighted by molar-refractivity contribution is 5.96. The van der Waals surface area contributed by atoms with Gasteiger partial charge in [0, 0.05) is 25.3 Å². The highest BCUT2D eigenvalue weighted by Gasteiger charge is 2.30. The molecule has 3 rings (SSSR count). The summed E-state index contributed by atoms with van der Waals surface area (Å²) >= 11 is 0. The molecule has 0 aliphatic carbocycles. The van der Waals surface area contributed by atoms with E-state index in [1.54, 1.807) is 16.9 Å². The van der Waals surface area contributed by atoms with E-state index in [2.05, 4.69) is 5.32 Å². The second kappa shape index (κ2) is 8.38. The maximum Gasteiger partial charge on any atom is 0.325 e. The van der Waals surface area contributed by atoms with E-state index in [0.29, 0.717) is 26.1 Å². The number of ether oxygens (including phenoxy) is 1. The third kappa shape index (κ3) is 4.33. The first-order valence-electron chi connectivity index (χ1n) is 8.68. The summed E-state index contributed by atoms with van der Waals surface area (Å²) in [6, 6.07) is 17.1. The van der Waals surface area contributed by atoms with Crippen LogP contribution in [0.15, 0.2) is 54.6 Å². The van der Waals surface area contributed by atoms with Gasteiger partial charge in [0.25, 0.3) is 0 Å². The molecule has 0 unspecified atom stereocenters. The van der Waals surface area contributed by atoms with Gasteiger partial charge in [-0.25, -0.2) is 4.79 Å². The van der Waals surface area contributed by atoms with Crippen LogP contribution in [0, 0.1) is 0 Å². The van der Waals surface area contributed by atoms with Gasteiger partial charge in [0.1, 0.15) is 12.3 Å². The van der Waals surface area contributed by atoms with Crippen LogP contribution in [0.5, 0.6) is 5.75 Å². The van der Waals surface area contributed by atoms with Gasteiger partial charge in [-0.15, -0.1) is 0 Å². The van der Waals surface area contributed by atoms with Crippen molar-refractivity contribution < 1.29 is 14.3 Å². The molecular weight excluding hydrogens is 330 g/mol. The SMILES string of the molecule is COc1cccc(CCNC(=O)CN2CCN(c3ccccc3)C2=O)c1. The monoisotopic (exact) mass is 353 g/mol. The molecule has 1 fully saturated rings. The minimum atomic E-state index is -0.142. The van der Waals surface area contributed by atoms with Crippen molar-refractivity contribution in [3.05, 3.63) is 60.2 Å². The fourth-order valence-electron chi connectivity index (χ4n) is 2.98. The average molecular weight is 353 g/mol. The number of amides is 3. The maximum absolute atomic E-state index is 12.5. The molecule has 3 amide bonds. The van der Waals surface area contributed by atoms with Gasteiger partial charge >= 0.3 is 6.03 Å². The van der Waals surface area contributed by atoms with Gasteiger partial charge in [-0.2, -0.15) is 0 Å². The lowest BCUT2D eigenvalue weighted by Crippen LogP contribution is -2.40. The van der Waals surface area contributed by atoms with Crippen molar-refractivity contribution >= 4 is 17.6 Å². The summed E-state index contributed by atoms with van der Waals surface area (Å²) < 4.78 is 5.19. The molecule has 1 heterocycles. The highest BCUT2D eigenvalue weighted by atomic mass is 16.5. The van der Waals surface area contributed by atoms with Crippen molar-refractivity contribution in [2.75, 3.05) is 38.2 Å². The van der Waals surface area contributed by atoms with Crippen LogP contribution in [0.25, 0.3) is 0 Å². The van der Waals surface area contributed by atoms with Gasteiger partial charge in [0.2, 0.25) is 5.91 Å². The van der Waals surface area contributed by atoms with Crippen molar-refractivity contribution in [1.29, 1.82) is 0 Å². The number of nitrogens with one attached hydrogen (secondary N) is 1. The molecule has 1 aliphatic rings. The van der Waals surface area contributed by atoms with Crippen LogP contribution in [-0.4, -0.2) is 50.1 Å². The standard InChI is InChI=1S/C20H23N3O3/c1-26-18-9-5-6-16(14-18)10-11-21-19(24)15-22-12-13-23(20(22)25)17-7-3-2-4-8-17/h2-9,14H,10-13,15H2,1H3,(H,21,24). The van der Waals surface area contributed by atoms with Gasteiger partial charge < -0.3 is 15.0 Å². The third-order valence-electron chi connectivity index (χ3n) is 4.37. The number of rotatable bonds is 7. The highest BCUT2D eigenvalue weighted by Crippen LogP contribution is 2.19. The van der Waals surface area contributed by atoms with Crippen LogP contribution in [0.4, 0.5) is 10.5 Å². The number of para-hydroxylation sites is 1. The van der Waals surface area contributed by atoms with E-state index in [-0.39, 0.29) is 18.5 Å². The molecule has 0 aromatic heterocycles. The minimum absolute atomic E-state index is 0.0836. The molecule has 26 heavy (non-hydrogen) atoms. The van der Waals surface area contributed by atoms with Gasteiger partial charge in [0.05, 0.1) is 7.11 Å². The van der Waals surface area contributed by atoms with Gasteiger partial charge in [-0.3, -0.25) is 9.69 Å². The van der Waals surface area contributed by atoms with Crippen LogP contribution >= 0.6 is 0 Å². The Morgan fingerprint density at radius 1 is 1.12 bits per heavy atom. The number of carbonyl (C=O) groups excluding carboxylic acids is 2. The molecular formula is C20H23N3O3. The van der Waals surface area contributed by atoms with Crippen molar-refractivity contribution in [2.24, 2.45) is 0 Å². The zero-order valence-electron chi connectivity index (χ0n) is 14.9. The predicted molar refractivity (Wildman–Crippen MR) is 100 cm³/mol. The second-order valence-corrected chi connectivity index (χ2v) is 6.14. The Labute approximate surface area is 153 Å². The predicted octanol–water partition coefficient (Wildman–Crippen LogP) is 2.30. The molecule has 6 nitrogen and oxygen atoms in total. The lowest BCUT2D eigenvalue weighted by atomic mass is 10.1. The van der Waals surface area contributed by atoms with E-state index in [1.165, 1.54) is 0 Å². The Hall–Kier alpha value is -3.02. The summed E-state index contributed by atoms with van der Waals surface area (Å²) in [6.45, 7) is 1.76. The van der Waals surface area contributed by atoms with Gasteiger partial charge in [-0.05, 0) is 36.2 Å². The molecule has 2 aromatic carbocycles. The Kier molecular flexibility index (Phi) is 5.73. The topological polar surface area (TPSA) is 61.9 Å². The summed E-state index contributed by atoms with van der Waals surface area (Å²) in [7, 11) is 1.63. The number of methoxy groups -OCH3 is 1. The van der Waals surface area contributed by atoms with Crippen molar-refractivity contribution in [3.8, 4) is 5.75 Å². The zero-order chi connectivity index (χ0) is 18.4. The molecule has 1 aliphatic heterocycles. The summed E-state index contributed by atoms with van der Waals surface area (Å²) in [5, 5.41) is 2.88. The number of hydrogen-bond acceptors (Lipinski definition) is 3. The van der Waals surface area contributed by atoms with Crippen molar-refractivity contribution in [2.45, 2.75) is 6.42 Å². The van der Waals surface area contributed by atoms with Crippen molar-refractivity contribution in [3.63, 3.8) is 0 Å². The lowest BCUT2D eigenvalue weighted by Gasteiger charge is -2.18. The fraction of sp³-hybridized carbons (Fsp3) is 0.300. The van der Waals surface area contributed by atoms with E-state index < -0.39 is 0 Å². The minimum Gasteiger partial charge on any atom is -0.497 e. The quantitative estimate of drug-likeness (QED) is 0.831. The number of hydrogen-bond donors (Lipinski definition) is 1. The number of carbonyl (C=O) groups is 2. The summed E-state index contributed by atoms with van der Waals surface area (Å²) in [6.07, 6.45) is 0.715. The fourth-order valence-corrected chi connectivity index (χ4v) is 2.98. The molecule has 1 saturated heterocycles. The van der Waals surface area contributed by atoms with Crippen LogP contribution in [0.1, 0.15) is 5.56 Å². The first-order valence-corrected chi connectivity index (χ1v) is 8.68. The van der Waals surface area contributed by atoms with Crippen LogP contribution in [0.2, 0.25) is 0 Å². The molecule has 136 valence electrons. The van der Waals surface area contributed by atoms with E-state index in [9.17, 15) is 9.59 Å². The number of nitrogens with zero attached hydrogens (tertiary/aromatic N) is 2. The molecule has 1 N–H and O–H groups in total. The summed E-state index contributed by atoms with van der Waals surface area (Å²) in [5.41, 5.74) is 1.95. The summed E-state index contributed by atoms with van der Waals surface area (Å²) in [5.74, 6) is 0.661.